The van der Waals surface area contributed by atoms with Gasteiger partial charge >= 0.3 is 0 Å². The largest absolute Gasteiger partial charge is 0.296 e. The molecule has 2 fully saturated rings. The molecule has 2 aliphatic rings. The van der Waals surface area contributed by atoms with Crippen LogP contribution in [0.4, 0.5) is 0 Å². The van der Waals surface area contributed by atoms with Crippen molar-refractivity contribution in [3.05, 3.63) is 0 Å². The van der Waals surface area contributed by atoms with Crippen LogP contribution in [0.3, 0.4) is 0 Å². The Kier molecular flexibility index (Phi) is 4.18. The van der Waals surface area contributed by atoms with Crippen molar-refractivity contribution in [2.75, 3.05) is 0 Å². The maximum Gasteiger partial charge on any atom is 0.238 e. The van der Waals surface area contributed by atoms with Crippen LogP contribution < -0.4 is 5.32 Å². The second-order valence-electron chi connectivity index (χ2n) is 3.04. The average Bonchev–Trinajstić information content (AvgIpc) is 2.68. The van der Waals surface area contributed by atoms with E-state index in [1.54, 1.807) is 22.9 Å². The third-order valence-corrected chi connectivity index (χ3v) is 2.92. The number of carbonyl (C=O) groups is 4. The summed E-state index contributed by atoms with van der Waals surface area (Å²) in [5.74, 6) is -0.443. The van der Waals surface area contributed by atoms with Crippen molar-refractivity contribution in [2.45, 2.75) is 25.7 Å². The summed E-state index contributed by atoms with van der Waals surface area (Å²) < 4.78 is 1.14. The van der Waals surface area contributed by atoms with Gasteiger partial charge in [-0.05, 0) is 0 Å². The molecular formula is C8H9IN2O4. The fraction of sp³-hybridized carbons (Fsp3) is 0.500. The van der Waals surface area contributed by atoms with E-state index in [2.05, 4.69) is 5.32 Å². The third kappa shape index (κ3) is 3.57. The van der Waals surface area contributed by atoms with Crippen molar-refractivity contribution in [1.29, 1.82) is 0 Å². The van der Waals surface area contributed by atoms with Crippen molar-refractivity contribution in [2.24, 2.45) is 0 Å². The quantitative estimate of drug-likeness (QED) is 0.383. The molecule has 0 atom stereocenters. The first kappa shape index (κ1) is 12.1. The predicted molar refractivity (Wildman–Crippen MR) is 57.5 cm³/mol. The van der Waals surface area contributed by atoms with Crippen LogP contribution in [-0.4, -0.2) is 26.7 Å². The summed E-state index contributed by atoms with van der Waals surface area (Å²) in [5, 5.41) is 2.14. The van der Waals surface area contributed by atoms with Crippen LogP contribution in [0, 0.1) is 0 Å². The number of carbonyl (C=O) groups excluding carboxylic acids is 4. The van der Waals surface area contributed by atoms with Gasteiger partial charge in [0, 0.05) is 25.7 Å². The summed E-state index contributed by atoms with van der Waals surface area (Å²) in [6.07, 6.45) is 1.53. The Morgan fingerprint density at radius 3 is 1.40 bits per heavy atom. The highest BCUT2D eigenvalue weighted by atomic mass is 127. The van der Waals surface area contributed by atoms with Crippen molar-refractivity contribution in [3.63, 3.8) is 0 Å². The van der Waals surface area contributed by atoms with Crippen molar-refractivity contribution in [3.8, 4) is 0 Å². The van der Waals surface area contributed by atoms with Crippen LogP contribution in [0.2, 0.25) is 0 Å². The highest BCUT2D eigenvalue weighted by Crippen LogP contribution is 2.15. The van der Waals surface area contributed by atoms with Gasteiger partial charge in [0.2, 0.25) is 23.6 Å². The first-order valence-corrected chi connectivity index (χ1v) is 5.31. The molecule has 2 saturated heterocycles. The normalized spacial score (nSPS) is 20.2. The fourth-order valence-corrected chi connectivity index (χ4v) is 1.54. The van der Waals surface area contributed by atoms with Gasteiger partial charge in [-0.1, -0.05) is 0 Å². The van der Waals surface area contributed by atoms with Crippen molar-refractivity contribution >= 4 is 46.5 Å². The van der Waals surface area contributed by atoms with Crippen molar-refractivity contribution < 1.29 is 19.2 Å². The van der Waals surface area contributed by atoms with Gasteiger partial charge in [0.25, 0.3) is 0 Å². The summed E-state index contributed by atoms with van der Waals surface area (Å²) >= 11 is 1.72. The summed E-state index contributed by atoms with van der Waals surface area (Å²) in [5.41, 5.74) is 0. The molecule has 2 heterocycles. The predicted octanol–water partition coefficient (Wildman–Crippen LogP) is -0.0916. The van der Waals surface area contributed by atoms with E-state index in [1.165, 1.54) is 0 Å². The SMILES string of the molecule is O=C1CCC(=O)N1.O=C1CCC(=O)N1I. The Morgan fingerprint density at radius 1 is 0.867 bits per heavy atom. The summed E-state index contributed by atoms with van der Waals surface area (Å²) in [6.45, 7) is 0. The topological polar surface area (TPSA) is 83.5 Å². The average molecular weight is 324 g/mol. The molecule has 0 unspecified atom stereocenters. The van der Waals surface area contributed by atoms with E-state index in [-0.39, 0.29) is 23.6 Å². The number of rotatable bonds is 0. The molecule has 4 amide bonds. The zero-order valence-electron chi connectivity index (χ0n) is 7.79. The molecule has 0 aromatic rings. The van der Waals surface area contributed by atoms with E-state index in [0.717, 1.165) is 3.11 Å². The number of hydrogen-bond acceptors (Lipinski definition) is 4. The minimum absolute atomic E-state index is 0.0735. The molecule has 0 aliphatic carbocycles. The lowest BCUT2D eigenvalue weighted by Crippen LogP contribution is -2.18. The number of nitrogens with one attached hydrogen (secondary N) is 1. The van der Waals surface area contributed by atoms with Crippen LogP contribution >= 0.6 is 22.9 Å². The lowest BCUT2D eigenvalue weighted by atomic mass is 10.4. The number of nitrogens with zero attached hydrogens (tertiary/aromatic N) is 1. The monoisotopic (exact) mass is 324 g/mol. The van der Waals surface area contributed by atoms with Crippen LogP contribution in [-0.2, 0) is 19.2 Å². The van der Waals surface area contributed by atoms with E-state index in [4.69, 9.17) is 0 Å². The molecule has 7 heteroatoms. The van der Waals surface area contributed by atoms with Crippen molar-refractivity contribution in [1.82, 2.24) is 8.43 Å². The molecule has 6 nitrogen and oxygen atoms in total. The Morgan fingerprint density at radius 2 is 1.27 bits per heavy atom. The third-order valence-electron chi connectivity index (χ3n) is 1.85. The highest BCUT2D eigenvalue weighted by molar-refractivity contribution is 14.1. The fourth-order valence-electron chi connectivity index (χ4n) is 1.06. The molecule has 0 bridgehead atoms. The highest BCUT2D eigenvalue weighted by Gasteiger charge is 2.26. The molecule has 2 aliphatic heterocycles. The minimum atomic E-state index is -0.148. The molecule has 0 spiro atoms. The van der Waals surface area contributed by atoms with E-state index in [1.807, 2.05) is 0 Å². The molecule has 2 rings (SSSR count). The Labute approximate surface area is 99.9 Å². The molecule has 82 valence electrons. The van der Waals surface area contributed by atoms with Gasteiger partial charge in [-0.2, -0.15) is 0 Å². The van der Waals surface area contributed by atoms with Gasteiger partial charge in [0.15, 0.2) is 0 Å². The Balaban J connectivity index is 0.000000151. The van der Waals surface area contributed by atoms with E-state index in [9.17, 15) is 19.2 Å². The first-order chi connectivity index (χ1) is 7.00. The second kappa shape index (κ2) is 5.19. The van der Waals surface area contributed by atoms with Gasteiger partial charge in [-0.15, -0.1) is 0 Å². The summed E-state index contributed by atoms with van der Waals surface area (Å²) in [7, 11) is 0. The van der Waals surface area contributed by atoms with Crippen LogP contribution in [0.25, 0.3) is 0 Å². The maximum absolute atomic E-state index is 10.5. The maximum atomic E-state index is 10.5. The molecule has 15 heavy (non-hydrogen) atoms. The molecule has 0 aromatic carbocycles. The lowest BCUT2D eigenvalue weighted by molar-refractivity contribution is -0.131. The molecule has 0 aromatic heterocycles. The standard InChI is InChI=1S/C4H4INO2.C4H5NO2/c5-6-3(7)1-2-4(6)8;6-3-1-2-4(7)5-3/h1-2H2;1-2H2,(H,5,6,7). The van der Waals surface area contributed by atoms with Gasteiger partial charge in [0.1, 0.15) is 0 Å². The van der Waals surface area contributed by atoms with Crippen LogP contribution in [0.1, 0.15) is 25.7 Å². The minimum Gasteiger partial charge on any atom is -0.296 e. The lowest BCUT2D eigenvalue weighted by Gasteiger charge is -1.97. The summed E-state index contributed by atoms with van der Waals surface area (Å²) in [6, 6.07) is 0. The summed E-state index contributed by atoms with van der Waals surface area (Å²) in [4.78, 5) is 41.2. The van der Waals surface area contributed by atoms with Gasteiger partial charge < -0.3 is 0 Å². The van der Waals surface area contributed by atoms with Crippen LogP contribution in [0.5, 0.6) is 0 Å². The number of amides is 4. The van der Waals surface area contributed by atoms with Gasteiger partial charge in [-0.25, -0.2) is 3.11 Å². The van der Waals surface area contributed by atoms with Gasteiger partial charge in [0.05, 0.1) is 22.9 Å². The molecular weight excluding hydrogens is 315 g/mol. The molecule has 0 radical (unpaired) electrons. The number of hydrogen-bond donors (Lipinski definition) is 1. The first-order valence-electron chi connectivity index (χ1n) is 4.35. The Hall–Kier alpha value is -0.990. The van der Waals surface area contributed by atoms with E-state index in [0.29, 0.717) is 25.7 Å². The van der Waals surface area contributed by atoms with Gasteiger partial charge in [-0.3, -0.25) is 24.5 Å². The zero-order chi connectivity index (χ0) is 11.4. The van der Waals surface area contributed by atoms with E-state index < -0.39 is 0 Å². The Bertz CT molecular complexity index is 299. The number of imide groups is 2. The zero-order valence-corrected chi connectivity index (χ0v) is 9.94. The second-order valence-corrected chi connectivity index (χ2v) is 4.00. The smallest absolute Gasteiger partial charge is 0.238 e. The van der Waals surface area contributed by atoms with E-state index >= 15 is 0 Å². The number of halogens is 1. The van der Waals surface area contributed by atoms with Crippen LogP contribution in [0.15, 0.2) is 0 Å². The molecule has 0 saturated carbocycles. The molecule has 1 N–H and O–H groups in total.